The number of benzene rings is 2. The van der Waals surface area contributed by atoms with Gasteiger partial charge in [-0.1, -0.05) is 41.4 Å². The Morgan fingerprint density at radius 1 is 1.04 bits per heavy atom. The largest absolute Gasteiger partial charge is 0.326 e. The van der Waals surface area contributed by atoms with Gasteiger partial charge in [0, 0.05) is 18.7 Å². The Balaban J connectivity index is 1.67. The van der Waals surface area contributed by atoms with E-state index in [-0.39, 0.29) is 11.7 Å². The van der Waals surface area contributed by atoms with E-state index in [0.717, 1.165) is 0 Å². The maximum absolute atomic E-state index is 13.4. The average Bonchev–Trinajstić information content (AvgIpc) is 2.52. The Kier molecular flexibility index (Phi) is 6.84. The van der Waals surface area contributed by atoms with E-state index >= 15 is 0 Å². The van der Waals surface area contributed by atoms with Gasteiger partial charge in [-0.15, -0.1) is 0 Å². The van der Waals surface area contributed by atoms with Gasteiger partial charge in [0.1, 0.15) is 5.82 Å². The van der Waals surface area contributed by atoms with Crippen LogP contribution in [-0.4, -0.2) is 19.0 Å². The Morgan fingerprint density at radius 2 is 1.83 bits per heavy atom. The summed E-state index contributed by atoms with van der Waals surface area (Å²) in [6.07, 6.45) is 0.901. The molecule has 6 heteroatoms. The third-order valence-electron chi connectivity index (χ3n) is 3.26. The van der Waals surface area contributed by atoms with Crippen LogP contribution < -0.4 is 10.6 Å². The summed E-state index contributed by atoms with van der Waals surface area (Å²) in [5.41, 5.74) is 1.27. The highest BCUT2D eigenvalue weighted by atomic mass is 35.5. The third-order valence-corrected chi connectivity index (χ3v) is 4.00. The fraction of sp³-hybridized carbons (Fsp3) is 0.235. The molecule has 0 aliphatic heterocycles. The number of rotatable bonds is 7. The molecule has 0 aliphatic rings. The van der Waals surface area contributed by atoms with Crippen molar-refractivity contribution in [1.29, 1.82) is 0 Å². The van der Waals surface area contributed by atoms with Crippen LogP contribution in [0.1, 0.15) is 12.0 Å². The number of nitrogens with one attached hydrogen (secondary N) is 2. The minimum Gasteiger partial charge on any atom is -0.326 e. The van der Waals surface area contributed by atoms with Crippen molar-refractivity contribution in [2.45, 2.75) is 12.8 Å². The molecule has 0 aromatic heterocycles. The maximum atomic E-state index is 13.4. The smallest absolute Gasteiger partial charge is 0.225 e. The molecule has 0 aliphatic carbocycles. The van der Waals surface area contributed by atoms with Crippen molar-refractivity contribution in [3.63, 3.8) is 0 Å². The van der Waals surface area contributed by atoms with E-state index < -0.39 is 0 Å². The van der Waals surface area contributed by atoms with Crippen LogP contribution in [0, 0.1) is 5.82 Å². The van der Waals surface area contributed by atoms with Crippen LogP contribution in [0.4, 0.5) is 10.1 Å². The van der Waals surface area contributed by atoms with Gasteiger partial charge in [0.15, 0.2) is 0 Å². The van der Waals surface area contributed by atoms with Gasteiger partial charge >= 0.3 is 0 Å². The molecule has 2 N–H and O–H groups in total. The van der Waals surface area contributed by atoms with Gasteiger partial charge in [0.25, 0.3) is 0 Å². The summed E-state index contributed by atoms with van der Waals surface area (Å²) in [6, 6.07) is 11.6. The number of carbonyl (C=O) groups excluding carboxylic acids is 1. The van der Waals surface area contributed by atoms with E-state index in [0.29, 0.717) is 47.2 Å². The van der Waals surface area contributed by atoms with Gasteiger partial charge < -0.3 is 10.6 Å². The lowest BCUT2D eigenvalue weighted by Gasteiger charge is -2.08. The molecule has 0 saturated carbocycles. The van der Waals surface area contributed by atoms with Crippen LogP contribution in [-0.2, 0) is 11.2 Å². The summed E-state index contributed by atoms with van der Waals surface area (Å²) in [6.45, 7) is 1.13. The zero-order valence-corrected chi connectivity index (χ0v) is 13.9. The molecule has 0 atom stereocenters. The molecule has 1 amide bonds. The summed E-state index contributed by atoms with van der Waals surface area (Å²) in [7, 11) is 0. The number of carbonyl (C=O) groups is 1. The summed E-state index contributed by atoms with van der Waals surface area (Å²) in [5.74, 6) is -0.326. The molecule has 0 saturated heterocycles. The first-order valence-corrected chi connectivity index (χ1v) is 8.01. The van der Waals surface area contributed by atoms with Gasteiger partial charge in [-0.25, -0.2) is 4.39 Å². The molecule has 2 rings (SSSR count). The number of halogens is 3. The van der Waals surface area contributed by atoms with Crippen LogP contribution in [0.3, 0.4) is 0 Å². The molecule has 0 heterocycles. The van der Waals surface area contributed by atoms with Crippen molar-refractivity contribution in [1.82, 2.24) is 5.32 Å². The van der Waals surface area contributed by atoms with Crippen LogP contribution in [0.25, 0.3) is 0 Å². The van der Waals surface area contributed by atoms with E-state index in [1.54, 1.807) is 30.3 Å². The molecule has 2 aromatic rings. The van der Waals surface area contributed by atoms with Crippen LogP contribution in [0.2, 0.25) is 10.0 Å². The first-order valence-electron chi connectivity index (χ1n) is 7.25. The second kappa shape index (κ2) is 8.87. The summed E-state index contributed by atoms with van der Waals surface area (Å²) >= 11 is 11.7. The Morgan fingerprint density at radius 3 is 2.57 bits per heavy atom. The lowest BCUT2D eigenvalue weighted by atomic mass is 10.1. The summed E-state index contributed by atoms with van der Waals surface area (Å²) in [4.78, 5) is 11.8. The lowest BCUT2D eigenvalue weighted by Crippen LogP contribution is -2.23. The summed E-state index contributed by atoms with van der Waals surface area (Å²) in [5, 5.41) is 6.71. The lowest BCUT2D eigenvalue weighted by molar-refractivity contribution is -0.116. The average molecular weight is 355 g/mol. The van der Waals surface area contributed by atoms with Gasteiger partial charge in [-0.3, -0.25) is 4.79 Å². The van der Waals surface area contributed by atoms with Crippen LogP contribution >= 0.6 is 23.2 Å². The van der Waals surface area contributed by atoms with E-state index in [4.69, 9.17) is 23.2 Å². The fourth-order valence-electron chi connectivity index (χ4n) is 2.05. The maximum Gasteiger partial charge on any atom is 0.225 e. The fourth-order valence-corrected chi connectivity index (χ4v) is 2.35. The molecule has 122 valence electrons. The zero-order chi connectivity index (χ0) is 16.7. The van der Waals surface area contributed by atoms with Gasteiger partial charge in [0.05, 0.1) is 10.0 Å². The second-order valence-corrected chi connectivity index (χ2v) is 5.83. The van der Waals surface area contributed by atoms with E-state index in [1.807, 2.05) is 6.07 Å². The minimum atomic E-state index is -0.202. The number of hydrogen-bond donors (Lipinski definition) is 2. The topological polar surface area (TPSA) is 41.1 Å². The molecular formula is C17H17Cl2FN2O. The van der Waals surface area contributed by atoms with Crippen molar-refractivity contribution >= 4 is 34.8 Å². The zero-order valence-electron chi connectivity index (χ0n) is 12.4. The predicted molar refractivity (Wildman–Crippen MR) is 92.7 cm³/mol. The number of anilines is 1. The van der Waals surface area contributed by atoms with Crippen molar-refractivity contribution in [3.8, 4) is 0 Å². The van der Waals surface area contributed by atoms with Crippen molar-refractivity contribution in [2.24, 2.45) is 0 Å². The van der Waals surface area contributed by atoms with Crippen molar-refractivity contribution in [3.05, 3.63) is 63.9 Å². The van der Waals surface area contributed by atoms with Gasteiger partial charge in [-0.05, 0) is 42.8 Å². The minimum absolute atomic E-state index is 0.123. The molecular weight excluding hydrogens is 338 g/mol. The highest BCUT2D eigenvalue weighted by Gasteiger charge is 2.05. The highest BCUT2D eigenvalue weighted by Crippen LogP contribution is 2.24. The molecule has 0 radical (unpaired) electrons. The van der Waals surface area contributed by atoms with E-state index in [9.17, 15) is 9.18 Å². The molecule has 0 bridgehead atoms. The Labute approximate surface area is 144 Å². The van der Waals surface area contributed by atoms with E-state index in [2.05, 4.69) is 10.6 Å². The van der Waals surface area contributed by atoms with Gasteiger partial charge in [0.2, 0.25) is 5.91 Å². The molecule has 3 nitrogen and oxygen atoms in total. The molecule has 0 spiro atoms. The molecule has 0 fully saturated rings. The van der Waals surface area contributed by atoms with Gasteiger partial charge in [-0.2, -0.15) is 0 Å². The predicted octanol–water partition coefficient (Wildman–Crippen LogP) is 4.29. The molecule has 0 unspecified atom stereocenters. The summed E-state index contributed by atoms with van der Waals surface area (Å²) < 4.78 is 13.4. The first-order chi connectivity index (χ1) is 11.1. The quantitative estimate of drug-likeness (QED) is 0.728. The van der Waals surface area contributed by atoms with Crippen LogP contribution in [0.15, 0.2) is 42.5 Å². The first kappa shape index (κ1) is 17.7. The monoisotopic (exact) mass is 354 g/mol. The van der Waals surface area contributed by atoms with Crippen molar-refractivity contribution in [2.75, 3.05) is 18.4 Å². The number of hydrogen-bond acceptors (Lipinski definition) is 2. The Bertz CT molecular complexity index is 679. The van der Waals surface area contributed by atoms with Crippen molar-refractivity contribution < 1.29 is 9.18 Å². The van der Waals surface area contributed by atoms with Crippen LogP contribution in [0.5, 0.6) is 0 Å². The number of amides is 1. The second-order valence-electron chi connectivity index (χ2n) is 5.02. The molecule has 23 heavy (non-hydrogen) atoms. The Hall–Kier alpha value is -1.62. The SMILES string of the molecule is O=C(CCNCCc1ccccc1F)Nc1ccc(Cl)c(Cl)c1. The third kappa shape index (κ3) is 5.82. The highest BCUT2D eigenvalue weighted by molar-refractivity contribution is 6.42. The standard InChI is InChI=1S/C17H17Cl2FN2O/c18-14-6-5-13(11-15(14)19)22-17(23)8-10-21-9-7-12-3-1-2-4-16(12)20/h1-6,11,21H,7-10H2,(H,22,23). The van der Waals surface area contributed by atoms with E-state index in [1.165, 1.54) is 6.07 Å². The normalized spacial score (nSPS) is 10.6. The molecule has 2 aromatic carbocycles.